The standard InChI is InChI=1S/C13H16FNO3S/c1-2-3-9-15-10-13(14,12(15)16)19(17,18)11-7-5-4-6-8-11/h4-8H,2-3,9-10H2,1H3. The summed E-state index contributed by atoms with van der Waals surface area (Å²) in [5.41, 5.74) is 0. The Bertz CT molecular complexity index is 573. The van der Waals surface area contributed by atoms with Gasteiger partial charge in [-0.25, -0.2) is 12.8 Å². The number of nitrogens with zero attached hydrogens (tertiary/aromatic N) is 1. The molecular weight excluding hydrogens is 269 g/mol. The average Bonchev–Trinajstić information content (AvgIpc) is 2.43. The van der Waals surface area contributed by atoms with Gasteiger partial charge in [-0.2, -0.15) is 0 Å². The van der Waals surface area contributed by atoms with Crippen molar-refractivity contribution in [2.24, 2.45) is 0 Å². The van der Waals surface area contributed by atoms with Crippen LogP contribution in [0.3, 0.4) is 0 Å². The van der Waals surface area contributed by atoms with Gasteiger partial charge in [0.15, 0.2) is 0 Å². The molecule has 1 aromatic rings. The topological polar surface area (TPSA) is 54.5 Å². The number of benzene rings is 1. The van der Waals surface area contributed by atoms with E-state index >= 15 is 0 Å². The van der Waals surface area contributed by atoms with Crippen LogP contribution in [0.1, 0.15) is 19.8 Å². The number of hydrogen-bond acceptors (Lipinski definition) is 3. The molecule has 0 saturated carbocycles. The van der Waals surface area contributed by atoms with Gasteiger partial charge in [0.05, 0.1) is 11.4 Å². The molecule has 6 heteroatoms. The molecule has 0 spiro atoms. The molecule has 0 aliphatic carbocycles. The van der Waals surface area contributed by atoms with Crippen LogP contribution in [-0.4, -0.2) is 37.3 Å². The normalized spacial score (nSPS) is 23.3. The Balaban J connectivity index is 2.22. The lowest BCUT2D eigenvalue weighted by molar-refractivity contribution is -0.153. The number of likely N-dealkylation sites (tertiary alicyclic amines) is 1. The zero-order chi connectivity index (χ0) is 14.1. The van der Waals surface area contributed by atoms with Gasteiger partial charge in [-0.05, 0) is 18.6 Å². The summed E-state index contributed by atoms with van der Waals surface area (Å²) < 4.78 is 38.7. The van der Waals surface area contributed by atoms with Crippen molar-refractivity contribution in [2.75, 3.05) is 13.1 Å². The number of halogens is 1. The summed E-state index contributed by atoms with van der Waals surface area (Å²) >= 11 is 0. The van der Waals surface area contributed by atoms with Crippen LogP contribution in [0.5, 0.6) is 0 Å². The minimum atomic E-state index is -4.27. The van der Waals surface area contributed by atoms with Crippen LogP contribution in [0, 0.1) is 0 Å². The van der Waals surface area contributed by atoms with Gasteiger partial charge in [0.2, 0.25) is 9.84 Å². The van der Waals surface area contributed by atoms with Gasteiger partial charge >= 0.3 is 5.00 Å². The Morgan fingerprint density at radius 1 is 1.32 bits per heavy atom. The van der Waals surface area contributed by atoms with Crippen LogP contribution >= 0.6 is 0 Å². The number of unbranched alkanes of at least 4 members (excludes halogenated alkanes) is 1. The molecule has 104 valence electrons. The third kappa shape index (κ3) is 2.14. The number of β-lactam (4-membered cyclic amide) rings is 1. The summed E-state index contributed by atoms with van der Waals surface area (Å²) in [6.45, 7) is 1.99. The third-order valence-corrected chi connectivity index (χ3v) is 5.31. The smallest absolute Gasteiger partial charge is 0.309 e. The first-order chi connectivity index (χ1) is 8.93. The van der Waals surface area contributed by atoms with Crippen molar-refractivity contribution >= 4 is 15.7 Å². The molecular formula is C13H16FNO3S. The molecule has 1 aliphatic rings. The second-order valence-electron chi connectivity index (χ2n) is 4.63. The highest BCUT2D eigenvalue weighted by molar-refractivity contribution is 7.93. The van der Waals surface area contributed by atoms with E-state index in [4.69, 9.17) is 0 Å². The predicted molar refractivity (Wildman–Crippen MR) is 69.0 cm³/mol. The second-order valence-corrected chi connectivity index (χ2v) is 6.75. The molecule has 1 aliphatic heterocycles. The monoisotopic (exact) mass is 285 g/mol. The molecule has 1 unspecified atom stereocenters. The molecule has 0 N–H and O–H groups in total. The molecule has 1 heterocycles. The van der Waals surface area contributed by atoms with E-state index in [1.165, 1.54) is 29.2 Å². The van der Waals surface area contributed by atoms with Gasteiger partial charge in [-0.3, -0.25) is 4.79 Å². The number of carbonyl (C=O) groups is 1. The minimum absolute atomic E-state index is 0.152. The number of rotatable bonds is 5. The van der Waals surface area contributed by atoms with Gasteiger partial charge in [-0.1, -0.05) is 31.5 Å². The highest BCUT2D eigenvalue weighted by Gasteiger charge is 2.62. The zero-order valence-electron chi connectivity index (χ0n) is 10.7. The van der Waals surface area contributed by atoms with Crippen LogP contribution in [0.2, 0.25) is 0 Å². The Hall–Kier alpha value is -1.43. The molecule has 0 aromatic heterocycles. The summed E-state index contributed by atoms with van der Waals surface area (Å²) in [5, 5.41) is -2.79. The first-order valence-electron chi connectivity index (χ1n) is 6.21. The molecule has 1 atom stereocenters. The first kappa shape index (κ1) is 14.0. The average molecular weight is 285 g/mol. The quantitative estimate of drug-likeness (QED) is 0.775. The lowest BCUT2D eigenvalue weighted by Crippen LogP contribution is -2.67. The summed E-state index contributed by atoms with van der Waals surface area (Å²) in [6, 6.07) is 7.26. The summed E-state index contributed by atoms with van der Waals surface area (Å²) in [6.07, 6.45) is 1.61. The fraction of sp³-hybridized carbons (Fsp3) is 0.462. The highest BCUT2D eigenvalue weighted by atomic mass is 32.2. The Kier molecular flexibility index (Phi) is 3.62. The van der Waals surface area contributed by atoms with E-state index in [2.05, 4.69) is 0 Å². The number of sulfone groups is 1. The van der Waals surface area contributed by atoms with Gasteiger partial charge in [0.1, 0.15) is 0 Å². The van der Waals surface area contributed by atoms with Crippen molar-refractivity contribution in [3.63, 3.8) is 0 Å². The molecule has 1 amide bonds. The van der Waals surface area contributed by atoms with Crippen molar-refractivity contribution in [1.29, 1.82) is 0 Å². The van der Waals surface area contributed by atoms with Crippen LogP contribution < -0.4 is 0 Å². The van der Waals surface area contributed by atoms with Gasteiger partial charge in [0, 0.05) is 6.54 Å². The molecule has 1 saturated heterocycles. The SMILES string of the molecule is CCCCN1CC(F)(S(=O)(=O)c2ccccc2)C1=O. The molecule has 0 radical (unpaired) electrons. The highest BCUT2D eigenvalue weighted by Crippen LogP contribution is 2.37. The molecule has 4 nitrogen and oxygen atoms in total. The van der Waals surface area contributed by atoms with E-state index in [1.807, 2.05) is 6.92 Å². The Morgan fingerprint density at radius 3 is 2.47 bits per heavy atom. The molecule has 19 heavy (non-hydrogen) atoms. The fourth-order valence-electron chi connectivity index (χ4n) is 2.05. The molecule has 0 bridgehead atoms. The first-order valence-corrected chi connectivity index (χ1v) is 7.70. The minimum Gasteiger partial charge on any atom is -0.334 e. The van der Waals surface area contributed by atoms with Gasteiger partial charge in [-0.15, -0.1) is 0 Å². The molecule has 1 fully saturated rings. The zero-order valence-corrected chi connectivity index (χ0v) is 11.5. The number of alkyl halides is 1. The van der Waals surface area contributed by atoms with Crippen molar-refractivity contribution in [3.8, 4) is 0 Å². The van der Waals surface area contributed by atoms with E-state index in [9.17, 15) is 17.6 Å². The van der Waals surface area contributed by atoms with E-state index < -0.39 is 20.7 Å². The van der Waals surface area contributed by atoms with Gasteiger partial charge < -0.3 is 4.90 Å². The van der Waals surface area contributed by atoms with E-state index in [-0.39, 0.29) is 11.4 Å². The largest absolute Gasteiger partial charge is 0.334 e. The van der Waals surface area contributed by atoms with Crippen LogP contribution in [0.4, 0.5) is 4.39 Å². The molecule has 2 rings (SSSR count). The van der Waals surface area contributed by atoms with Crippen LogP contribution in [0.15, 0.2) is 35.2 Å². The van der Waals surface area contributed by atoms with E-state index in [0.717, 1.165) is 12.8 Å². The van der Waals surface area contributed by atoms with E-state index in [0.29, 0.717) is 6.54 Å². The summed E-state index contributed by atoms with van der Waals surface area (Å²) in [5.74, 6) is -0.940. The Labute approximate surface area is 112 Å². The maximum atomic E-state index is 14.5. The van der Waals surface area contributed by atoms with Crippen molar-refractivity contribution in [2.45, 2.75) is 29.7 Å². The number of amides is 1. The third-order valence-electron chi connectivity index (χ3n) is 3.26. The van der Waals surface area contributed by atoms with Crippen molar-refractivity contribution < 1.29 is 17.6 Å². The van der Waals surface area contributed by atoms with Crippen molar-refractivity contribution in [3.05, 3.63) is 30.3 Å². The van der Waals surface area contributed by atoms with Crippen LogP contribution in [0.25, 0.3) is 0 Å². The number of carbonyl (C=O) groups excluding carboxylic acids is 1. The summed E-state index contributed by atoms with van der Waals surface area (Å²) in [4.78, 5) is 12.9. The fourth-order valence-corrected chi connectivity index (χ4v) is 3.62. The number of hydrogen-bond donors (Lipinski definition) is 0. The molecule has 1 aromatic carbocycles. The maximum Gasteiger partial charge on any atom is 0.309 e. The predicted octanol–water partition coefficient (Wildman–Crippen LogP) is 1.77. The van der Waals surface area contributed by atoms with Crippen molar-refractivity contribution in [1.82, 2.24) is 4.90 Å². The van der Waals surface area contributed by atoms with E-state index in [1.54, 1.807) is 6.07 Å². The maximum absolute atomic E-state index is 14.5. The summed E-state index contributed by atoms with van der Waals surface area (Å²) in [7, 11) is -4.27. The second kappa shape index (κ2) is 4.92. The lowest BCUT2D eigenvalue weighted by atomic mass is 10.1. The van der Waals surface area contributed by atoms with Crippen LogP contribution in [-0.2, 0) is 14.6 Å². The Morgan fingerprint density at radius 2 is 1.95 bits per heavy atom. The van der Waals surface area contributed by atoms with Gasteiger partial charge in [0.25, 0.3) is 5.91 Å². The lowest BCUT2D eigenvalue weighted by Gasteiger charge is -2.42.